The third kappa shape index (κ3) is 16.9. The van der Waals surface area contributed by atoms with Gasteiger partial charge in [-0.3, -0.25) is 0 Å². The molecule has 5 N–H and O–H groups in total. The summed E-state index contributed by atoms with van der Waals surface area (Å²) in [5.74, 6) is 3.51. The molecule has 0 bridgehead atoms. The molecule has 14 rings (SSSR count). The van der Waals surface area contributed by atoms with Crippen molar-refractivity contribution in [1.29, 1.82) is 0 Å². The van der Waals surface area contributed by atoms with Crippen molar-refractivity contribution < 1.29 is 180 Å². The number of rotatable bonds is 22. The van der Waals surface area contributed by atoms with Crippen molar-refractivity contribution in [2.75, 3.05) is 14.2 Å². The van der Waals surface area contributed by atoms with Crippen LogP contribution in [0, 0.1) is 96.4 Å². The average molecular weight is 1590 g/mol. The van der Waals surface area contributed by atoms with Crippen molar-refractivity contribution in [3.05, 3.63) is 288 Å². The third-order valence-electron chi connectivity index (χ3n) is 16.3. The van der Waals surface area contributed by atoms with Gasteiger partial charge in [-0.1, -0.05) is 158 Å². The maximum atomic E-state index is 12.3. The average Bonchev–Trinajstić information content (AvgIpc) is 1.60. The van der Waals surface area contributed by atoms with E-state index < -0.39 is 24.1 Å². The van der Waals surface area contributed by atoms with Crippen LogP contribution in [0.1, 0.15) is 57.4 Å². The first kappa shape index (κ1) is 76.4. The third-order valence-corrected chi connectivity index (χ3v) is 16.3. The fourth-order valence-electron chi connectivity index (χ4n) is 11.7. The van der Waals surface area contributed by atoms with E-state index in [1.807, 2.05) is 208 Å². The van der Waals surface area contributed by atoms with E-state index in [-0.39, 0.29) is 136 Å². The van der Waals surface area contributed by atoms with E-state index in [0.29, 0.717) is 87.7 Å². The van der Waals surface area contributed by atoms with Crippen molar-refractivity contribution >= 4 is 55.6 Å². The monoisotopic (exact) mass is 1590 g/mol. The van der Waals surface area contributed by atoms with Gasteiger partial charge in [-0.2, -0.15) is 0 Å². The van der Waals surface area contributed by atoms with E-state index in [0.717, 1.165) is 71.6 Å². The van der Waals surface area contributed by atoms with Gasteiger partial charge in [0.1, 0.15) is 47.6 Å². The molecule has 10 aromatic carbocycles. The number of benzene rings is 10. The molecule has 0 saturated carbocycles. The van der Waals surface area contributed by atoms with Gasteiger partial charge in [-0.05, 0) is 115 Å². The van der Waals surface area contributed by atoms with Gasteiger partial charge < -0.3 is 72.3 Å². The number of hydrogen-bond acceptors (Lipinski definition) is 13. The number of hydrogen-bond donors (Lipinski definition) is 1. The predicted molar refractivity (Wildman–Crippen MR) is 365 cm³/mol. The number of aliphatic carboxylic acids is 2. The standard InChI is InChI=1S/2C39H32N2O6.Na.2H2O.2Pr/c2*1-25-30(40-38(46-25)28-14-7-4-8-15-28)24-45-33-21-20-26(22-35(33)44-2)23-41-31-17-10-9-16-29(31)36-32(41)18-11-19-34(36)47-37(39(42)43)27-12-5-3-6-13-27;;;;;/h2*3-22,37H,23-24H2,1-2H3,(H,42,43);;2*1H2;;/q;;+1;;;;/p-1. The minimum Gasteiger partial charge on any atom is -0.546 e. The molecule has 2 unspecified atom stereocenters. The van der Waals surface area contributed by atoms with Gasteiger partial charge in [0.05, 0.1) is 31.2 Å². The first-order valence-electron chi connectivity index (χ1n) is 30.5. The van der Waals surface area contributed by atoms with E-state index in [2.05, 4.69) is 25.2 Å². The number of fused-ring (bicyclic) bond motifs is 6. The van der Waals surface area contributed by atoms with Crippen LogP contribution in [0.2, 0.25) is 0 Å². The molecular weight excluding hydrogens is 1520 g/mol. The van der Waals surface area contributed by atoms with Crippen LogP contribution in [-0.2, 0) is 35.9 Å². The Morgan fingerprint density at radius 2 is 0.818 bits per heavy atom. The molecule has 0 aliphatic rings. The largest absolute Gasteiger partial charge is 1.00 e. The summed E-state index contributed by atoms with van der Waals surface area (Å²) in [5, 5.41) is 25.8. The van der Waals surface area contributed by atoms with E-state index in [1.54, 1.807) is 56.7 Å². The second-order valence-corrected chi connectivity index (χ2v) is 22.3. The number of carbonyl (C=O) groups is 2. The Morgan fingerprint density at radius 3 is 1.21 bits per heavy atom. The van der Waals surface area contributed by atoms with Crippen LogP contribution in [-0.4, -0.2) is 61.3 Å². The van der Waals surface area contributed by atoms with E-state index >= 15 is 0 Å². The molecular formula is C78H67N4NaO14Pr2. The summed E-state index contributed by atoms with van der Waals surface area (Å²) in [4.78, 5) is 33.7. The summed E-state index contributed by atoms with van der Waals surface area (Å²) in [7, 11) is 3.24. The van der Waals surface area contributed by atoms with E-state index in [1.165, 1.54) is 0 Å². The van der Waals surface area contributed by atoms with Gasteiger partial charge in [0.15, 0.2) is 29.1 Å². The Hall–Kier alpha value is -8.39. The molecule has 0 aliphatic heterocycles. The molecule has 0 spiro atoms. The summed E-state index contributed by atoms with van der Waals surface area (Å²) >= 11 is 0. The van der Waals surface area contributed by atoms with Gasteiger partial charge >= 0.3 is 35.5 Å². The molecule has 14 aromatic rings. The van der Waals surface area contributed by atoms with Crippen molar-refractivity contribution in [2.24, 2.45) is 0 Å². The molecule has 2 radical (unpaired) electrons. The normalized spacial score (nSPS) is 11.3. The Morgan fingerprint density at radius 1 is 0.455 bits per heavy atom. The fraction of sp³-hybridized carbons (Fsp3) is 0.128. The molecule has 0 aliphatic carbocycles. The molecule has 490 valence electrons. The van der Waals surface area contributed by atoms with Crippen LogP contribution in [0.4, 0.5) is 0 Å². The number of nitrogens with zero attached hydrogens (tertiary/aromatic N) is 4. The van der Waals surface area contributed by atoms with Crippen LogP contribution >= 0.6 is 0 Å². The van der Waals surface area contributed by atoms with Crippen LogP contribution in [0.3, 0.4) is 0 Å². The molecule has 21 heteroatoms. The number of carboxylic acid groups (broad SMARTS) is 2. The van der Waals surface area contributed by atoms with E-state index in [9.17, 15) is 19.8 Å². The van der Waals surface area contributed by atoms with Crippen LogP contribution < -0.4 is 63.1 Å². The number of para-hydroxylation sites is 2. The zero-order chi connectivity index (χ0) is 64.7. The second kappa shape index (κ2) is 35.1. The van der Waals surface area contributed by atoms with E-state index in [4.69, 9.17) is 37.3 Å². The topological polar surface area (TPSA) is 258 Å². The van der Waals surface area contributed by atoms with Crippen molar-refractivity contribution in [3.63, 3.8) is 0 Å². The van der Waals surface area contributed by atoms with Gasteiger partial charge in [-0.15, -0.1) is 0 Å². The summed E-state index contributed by atoms with van der Waals surface area (Å²) in [5.41, 5.74) is 10.1. The van der Waals surface area contributed by atoms with Crippen LogP contribution in [0.25, 0.3) is 66.5 Å². The Bertz CT molecular complexity index is 4720. The summed E-state index contributed by atoms with van der Waals surface area (Å²) in [6, 6.07) is 76.6. The quantitative estimate of drug-likeness (QED) is 0.0619. The molecule has 2 atom stereocenters. The van der Waals surface area contributed by atoms with Gasteiger partial charge in [0.25, 0.3) is 0 Å². The minimum atomic E-state index is -1.30. The molecule has 4 aromatic heterocycles. The second-order valence-electron chi connectivity index (χ2n) is 22.3. The maximum absolute atomic E-state index is 12.3. The summed E-state index contributed by atoms with van der Waals surface area (Å²) < 4.78 is 52.4. The number of aromatic nitrogens is 4. The van der Waals surface area contributed by atoms with Gasteiger partial charge in [-0.25, -0.2) is 14.8 Å². The maximum Gasteiger partial charge on any atom is 1.00 e. The van der Waals surface area contributed by atoms with Gasteiger partial charge in [0, 0.05) is 145 Å². The van der Waals surface area contributed by atoms with Crippen LogP contribution in [0.5, 0.6) is 34.5 Å². The van der Waals surface area contributed by atoms with Crippen molar-refractivity contribution in [2.45, 2.75) is 52.4 Å². The fourth-order valence-corrected chi connectivity index (χ4v) is 11.7. The van der Waals surface area contributed by atoms with Gasteiger partial charge in [0.2, 0.25) is 17.9 Å². The van der Waals surface area contributed by atoms with Crippen LogP contribution in [0.15, 0.2) is 251 Å². The number of methoxy groups -OCH3 is 2. The van der Waals surface area contributed by atoms with Crippen molar-refractivity contribution in [3.8, 4) is 57.4 Å². The zero-order valence-electron chi connectivity index (χ0n) is 55.0. The number of oxazole rings is 2. The molecule has 4 heterocycles. The molecule has 0 amide bonds. The number of carbonyl (C=O) groups excluding carboxylic acids is 1. The minimum absolute atomic E-state index is 0. The molecule has 18 nitrogen and oxygen atoms in total. The predicted octanol–water partition coefficient (Wildman–Crippen LogP) is 11.2. The number of ether oxygens (including phenoxy) is 6. The Kier molecular flexibility index (Phi) is 27.1. The molecule has 0 saturated heterocycles. The molecule has 99 heavy (non-hydrogen) atoms. The first-order chi connectivity index (χ1) is 46.0. The Labute approximate surface area is 659 Å². The Balaban J connectivity index is 0.000000240. The summed E-state index contributed by atoms with van der Waals surface area (Å²) in [6.45, 7) is 5.27. The molecule has 0 fully saturated rings. The smallest absolute Gasteiger partial charge is 0.546 e. The number of carboxylic acids is 2. The SMILES string of the molecule is COc1cc(Cn2c3ccccc3c3c(OC(C(=O)O)c4ccccc4)cccc32)ccc1OCc1nc(-c2ccccc2)oc1C.COc1cc(Cn2c3ccccc3c3c(OC(C(=O)[O-])c4ccccc4)cccc32)ccc1OCc1nc(-c2ccccc2)oc1C.O.O.[Na+].[Pr].[Pr]. The zero-order valence-corrected chi connectivity index (χ0v) is 64.4. The first-order valence-corrected chi connectivity index (χ1v) is 30.5. The van der Waals surface area contributed by atoms with Crippen molar-refractivity contribution in [1.82, 2.24) is 19.1 Å². The number of aryl methyl sites for hydroxylation is 2. The summed E-state index contributed by atoms with van der Waals surface area (Å²) in [6.07, 6.45) is -2.40.